The van der Waals surface area contributed by atoms with E-state index >= 15 is 0 Å². The van der Waals surface area contributed by atoms with Crippen molar-refractivity contribution < 1.29 is 0 Å². The molecule has 3 heterocycles. The molecule has 0 spiro atoms. The highest BCUT2D eigenvalue weighted by Gasteiger charge is 2.27. The van der Waals surface area contributed by atoms with E-state index in [2.05, 4.69) is 166 Å². The Bertz CT molecular complexity index is 2210. The minimum absolute atomic E-state index is 1.12. The maximum atomic E-state index is 2.41. The Morgan fingerprint density at radius 2 is 0.878 bits per heavy atom. The molecule has 0 fully saturated rings. The summed E-state index contributed by atoms with van der Waals surface area (Å²) in [5.41, 5.74) is 10.7. The van der Waals surface area contributed by atoms with Crippen LogP contribution in [0.15, 0.2) is 152 Å². The lowest BCUT2D eigenvalue weighted by atomic mass is 10.0. The van der Waals surface area contributed by atoms with Gasteiger partial charge in [0.1, 0.15) is 5.82 Å². The summed E-state index contributed by atoms with van der Waals surface area (Å²) in [5, 5.41) is 3.77. The first-order valence-electron chi connectivity index (χ1n) is 14.0. The molecule has 3 nitrogen and oxygen atoms in total. The quantitative estimate of drug-likeness (QED) is 0.220. The van der Waals surface area contributed by atoms with Gasteiger partial charge < -0.3 is 4.57 Å². The molecule has 6 aromatic carbocycles. The Balaban J connectivity index is 1.29. The Morgan fingerprint density at radius 1 is 0.366 bits per heavy atom. The molecule has 1 aliphatic rings. The molecule has 0 atom stereocenters. The monoisotopic (exact) mass is 523 g/mol. The lowest BCUT2D eigenvalue weighted by molar-refractivity contribution is 1.09. The van der Waals surface area contributed by atoms with Crippen LogP contribution in [0.4, 0.5) is 17.2 Å². The molecule has 2 aromatic heterocycles. The van der Waals surface area contributed by atoms with E-state index in [1.54, 1.807) is 0 Å². The van der Waals surface area contributed by atoms with Crippen molar-refractivity contribution in [3.63, 3.8) is 0 Å². The molecule has 0 saturated carbocycles. The van der Waals surface area contributed by atoms with Crippen LogP contribution in [-0.4, -0.2) is 9.13 Å². The topological polar surface area (TPSA) is 13.1 Å². The lowest BCUT2D eigenvalue weighted by Crippen LogP contribution is -2.13. The van der Waals surface area contributed by atoms with Crippen LogP contribution in [0.25, 0.3) is 55.2 Å². The van der Waals surface area contributed by atoms with Crippen LogP contribution in [0.3, 0.4) is 0 Å². The molecule has 0 N–H and O–H groups in total. The van der Waals surface area contributed by atoms with Crippen LogP contribution < -0.4 is 4.90 Å². The summed E-state index contributed by atoms with van der Waals surface area (Å²) in [6.07, 6.45) is 0. The van der Waals surface area contributed by atoms with Gasteiger partial charge in [0.05, 0.1) is 27.9 Å². The van der Waals surface area contributed by atoms with Crippen molar-refractivity contribution in [3.05, 3.63) is 152 Å². The first-order chi connectivity index (χ1) is 20.4. The molecule has 41 heavy (non-hydrogen) atoms. The van der Waals surface area contributed by atoms with Crippen molar-refractivity contribution in [3.8, 4) is 22.5 Å². The Labute approximate surface area is 237 Å². The molecule has 192 valence electrons. The van der Waals surface area contributed by atoms with Crippen molar-refractivity contribution in [1.29, 1.82) is 0 Å². The standard InChI is InChI=1S/C38H25N3/c1-6-16-33-26(11-1)25-38-40(36-19-9-4-14-31(36)32-15-5-10-20-37(32)41(33)38)28-23-21-27(22-24-28)39-34-17-7-2-12-29(34)30-13-3-8-18-35(30)39/h1-25H. The molecule has 0 bridgehead atoms. The zero-order valence-corrected chi connectivity index (χ0v) is 22.3. The molecule has 0 aliphatic carbocycles. The molecule has 0 unspecified atom stereocenters. The average molecular weight is 524 g/mol. The number of rotatable bonds is 2. The van der Waals surface area contributed by atoms with E-state index in [0.29, 0.717) is 0 Å². The Kier molecular flexibility index (Phi) is 4.61. The summed E-state index contributed by atoms with van der Waals surface area (Å²) >= 11 is 0. The highest BCUT2D eigenvalue weighted by atomic mass is 15.3. The minimum atomic E-state index is 1.12. The number of hydrogen-bond donors (Lipinski definition) is 0. The van der Waals surface area contributed by atoms with Crippen molar-refractivity contribution in [2.45, 2.75) is 0 Å². The van der Waals surface area contributed by atoms with E-state index in [-0.39, 0.29) is 0 Å². The fraction of sp³-hybridized carbons (Fsp3) is 0. The summed E-state index contributed by atoms with van der Waals surface area (Å²) in [6.45, 7) is 0. The van der Waals surface area contributed by atoms with Gasteiger partial charge in [-0.2, -0.15) is 0 Å². The summed E-state index contributed by atoms with van der Waals surface area (Å²) in [5.74, 6) is 1.13. The van der Waals surface area contributed by atoms with Gasteiger partial charge in [0.25, 0.3) is 0 Å². The molecule has 0 amide bonds. The first kappa shape index (κ1) is 22.3. The Hall–Kier alpha value is -5.54. The van der Waals surface area contributed by atoms with Crippen LogP contribution >= 0.6 is 0 Å². The maximum absolute atomic E-state index is 2.41. The molecule has 1 aliphatic heterocycles. The van der Waals surface area contributed by atoms with Gasteiger partial charge in [-0.25, -0.2) is 0 Å². The minimum Gasteiger partial charge on any atom is -0.309 e. The van der Waals surface area contributed by atoms with Gasteiger partial charge in [-0.3, -0.25) is 9.47 Å². The van der Waals surface area contributed by atoms with Crippen molar-refractivity contribution >= 4 is 49.9 Å². The highest BCUT2D eigenvalue weighted by Crippen LogP contribution is 2.48. The second-order valence-electron chi connectivity index (χ2n) is 10.7. The number of para-hydroxylation sites is 5. The average Bonchev–Trinajstić information content (AvgIpc) is 3.54. The van der Waals surface area contributed by atoms with Crippen LogP contribution in [0.2, 0.25) is 0 Å². The normalized spacial score (nSPS) is 12.3. The summed E-state index contributed by atoms with van der Waals surface area (Å²) in [4.78, 5) is 2.41. The van der Waals surface area contributed by atoms with E-state index in [9.17, 15) is 0 Å². The largest absolute Gasteiger partial charge is 0.309 e. The van der Waals surface area contributed by atoms with Gasteiger partial charge in [-0.15, -0.1) is 0 Å². The zero-order chi connectivity index (χ0) is 26.9. The van der Waals surface area contributed by atoms with Crippen molar-refractivity contribution in [2.24, 2.45) is 0 Å². The second kappa shape index (κ2) is 8.48. The van der Waals surface area contributed by atoms with E-state index in [4.69, 9.17) is 0 Å². The number of nitrogens with zero attached hydrogens (tertiary/aromatic N) is 3. The van der Waals surface area contributed by atoms with E-state index in [1.807, 2.05) is 0 Å². The highest BCUT2D eigenvalue weighted by molar-refractivity contribution is 6.09. The van der Waals surface area contributed by atoms with Crippen LogP contribution in [-0.2, 0) is 0 Å². The van der Waals surface area contributed by atoms with Crippen LogP contribution in [0.5, 0.6) is 0 Å². The summed E-state index contributed by atoms with van der Waals surface area (Å²) in [6, 6.07) is 54.8. The fourth-order valence-electron chi connectivity index (χ4n) is 6.70. The molecule has 0 radical (unpaired) electrons. The fourth-order valence-corrected chi connectivity index (χ4v) is 6.70. The number of benzene rings is 6. The van der Waals surface area contributed by atoms with Crippen molar-refractivity contribution in [1.82, 2.24) is 9.13 Å². The molecule has 9 rings (SSSR count). The predicted octanol–water partition coefficient (Wildman–Crippen LogP) is 10.2. The number of aromatic nitrogens is 2. The zero-order valence-electron chi connectivity index (χ0n) is 22.3. The number of hydrogen-bond acceptors (Lipinski definition) is 1. The molecular weight excluding hydrogens is 498 g/mol. The van der Waals surface area contributed by atoms with Crippen LogP contribution in [0.1, 0.15) is 0 Å². The molecular formula is C38H25N3. The summed E-state index contributed by atoms with van der Waals surface area (Å²) < 4.78 is 4.78. The number of fused-ring (bicyclic) bond motifs is 10. The van der Waals surface area contributed by atoms with E-state index in [1.165, 1.54) is 55.2 Å². The first-order valence-corrected chi connectivity index (χ1v) is 14.0. The number of anilines is 3. The Morgan fingerprint density at radius 3 is 1.59 bits per heavy atom. The van der Waals surface area contributed by atoms with E-state index in [0.717, 1.165) is 17.2 Å². The molecule has 0 saturated heterocycles. The third-order valence-corrected chi connectivity index (χ3v) is 8.45. The SMILES string of the molecule is c1ccc2c(c1)-c1ccccc1-n1c(cc3ccccc31)N2c1ccc(-n2c3ccccc3c3ccccc32)cc1. The van der Waals surface area contributed by atoms with Gasteiger partial charge in [-0.1, -0.05) is 91.0 Å². The van der Waals surface area contributed by atoms with Crippen molar-refractivity contribution in [2.75, 3.05) is 4.90 Å². The smallest absolute Gasteiger partial charge is 0.123 e. The molecule has 8 aromatic rings. The summed E-state index contributed by atoms with van der Waals surface area (Å²) in [7, 11) is 0. The van der Waals surface area contributed by atoms with Gasteiger partial charge in [-0.05, 0) is 60.7 Å². The maximum Gasteiger partial charge on any atom is 0.123 e. The molecule has 3 heteroatoms. The second-order valence-corrected chi connectivity index (χ2v) is 10.7. The van der Waals surface area contributed by atoms with Gasteiger partial charge >= 0.3 is 0 Å². The lowest BCUT2D eigenvalue weighted by Gasteiger charge is -2.26. The van der Waals surface area contributed by atoms with Crippen LogP contribution in [0, 0.1) is 0 Å². The van der Waals surface area contributed by atoms with Gasteiger partial charge in [0, 0.05) is 38.7 Å². The third-order valence-electron chi connectivity index (χ3n) is 8.45. The third kappa shape index (κ3) is 3.14. The van der Waals surface area contributed by atoms with Gasteiger partial charge in [0.2, 0.25) is 0 Å². The van der Waals surface area contributed by atoms with E-state index < -0.39 is 0 Å². The predicted molar refractivity (Wildman–Crippen MR) is 171 cm³/mol. The van der Waals surface area contributed by atoms with Gasteiger partial charge in [0.15, 0.2) is 0 Å².